The van der Waals surface area contributed by atoms with Gasteiger partial charge in [-0.1, -0.05) is 17.7 Å². The predicted molar refractivity (Wildman–Crippen MR) is 123 cm³/mol. The first-order chi connectivity index (χ1) is 15.0. The third kappa shape index (κ3) is 6.56. The Morgan fingerprint density at radius 2 is 1.68 bits per heavy atom. The third-order valence-electron chi connectivity index (χ3n) is 4.55. The molecule has 0 aliphatic rings. The Balaban J connectivity index is 2.17. The summed E-state index contributed by atoms with van der Waals surface area (Å²) in [4.78, 5) is 14.5. The van der Waals surface area contributed by atoms with Crippen molar-refractivity contribution in [3.63, 3.8) is 0 Å². The molecule has 2 aromatic rings. The van der Waals surface area contributed by atoms with Crippen molar-refractivity contribution in [2.75, 3.05) is 34.0 Å². The van der Waals surface area contributed by atoms with Crippen molar-refractivity contribution in [2.24, 2.45) is 0 Å². The second kappa shape index (κ2) is 12.1. The summed E-state index contributed by atoms with van der Waals surface area (Å²) in [6.07, 6.45) is 3.25. The molecule has 168 valence electrons. The molecule has 0 spiro atoms. The summed E-state index contributed by atoms with van der Waals surface area (Å²) >= 11 is 6.29. The highest BCUT2D eigenvalue weighted by molar-refractivity contribution is 6.32. The van der Waals surface area contributed by atoms with Gasteiger partial charge in [-0.3, -0.25) is 4.79 Å². The van der Waals surface area contributed by atoms with Crippen LogP contribution in [-0.4, -0.2) is 44.8 Å². The molecule has 2 rings (SSSR count). The summed E-state index contributed by atoms with van der Waals surface area (Å²) in [7, 11) is 3.14. The highest BCUT2D eigenvalue weighted by Crippen LogP contribution is 2.36. The number of rotatable bonds is 11. The Morgan fingerprint density at radius 1 is 0.968 bits per heavy atom. The number of nitrogens with zero attached hydrogens (tertiary/aromatic N) is 1. The van der Waals surface area contributed by atoms with Gasteiger partial charge in [-0.25, -0.2) is 0 Å². The van der Waals surface area contributed by atoms with Crippen LogP contribution in [0.1, 0.15) is 31.9 Å². The van der Waals surface area contributed by atoms with E-state index < -0.39 is 0 Å². The normalized spacial score (nSPS) is 10.8. The molecule has 0 fully saturated rings. The van der Waals surface area contributed by atoms with Crippen molar-refractivity contribution in [3.8, 4) is 23.0 Å². The lowest BCUT2D eigenvalue weighted by atomic mass is 10.1. The molecule has 31 heavy (non-hydrogen) atoms. The van der Waals surface area contributed by atoms with Gasteiger partial charge in [-0.2, -0.15) is 0 Å². The first kappa shape index (κ1) is 24.4. The van der Waals surface area contributed by atoms with Gasteiger partial charge in [-0.15, -0.1) is 0 Å². The van der Waals surface area contributed by atoms with Gasteiger partial charge in [-0.05, 0) is 62.2 Å². The largest absolute Gasteiger partial charge is 0.493 e. The van der Waals surface area contributed by atoms with E-state index in [-0.39, 0.29) is 5.91 Å². The summed E-state index contributed by atoms with van der Waals surface area (Å²) in [6, 6.07) is 9.22. The minimum atomic E-state index is -0.111. The fraction of sp³-hybridized carbons (Fsp3) is 0.375. The molecule has 6 nitrogen and oxygen atoms in total. The summed E-state index contributed by atoms with van der Waals surface area (Å²) in [5.74, 6) is 2.24. The van der Waals surface area contributed by atoms with E-state index in [1.165, 1.54) is 13.2 Å². The smallest absolute Gasteiger partial charge is 0.246 e. The van der Waals surface area contributed by atoms with E-state index >= 15 is 0 Å². The molecule has 1 amide bonds. The summed E-state index contributed by atoms with van der Waals surface area (Å²) in [6.45, 7) is 7.80. The van der Waals surface area contributed by atoms with Crippen LogP contribution in [0.3, 0.4) is 0 Å². The average Bonchev–Trinajstić information content (AvgIpc) is 2.77. The monoisotopic (exact) mass is 447 g/mol. The van der Waals surface area contributed by atoms with Crippen LogP contribution in [0.25, 0.3) is 6.08 Å². The maximum absolute atomic E-state index is 12.8. The fourth-order valence-corrected chi connectivity index (χ4v) is 3.37. The van der Waals surface area contributed by atoms with Gasteiger partial charge in [0.2, 0.25) is 5.91 Å². The lowest BCUT2D eigenvalue weighted by Gasteiger charge is -2.20. The highest BCUT2D eigenvalue weighted by Gasteiger charge is 2.13. The zero-order valence-electron chi connectivity index (χ0n) is 18.7. The fourth-order valence-electron chi connectivity index (χ4n) is 3.07. The van der Waals surface area contributed by atoms with Gasteiger partial charge in [0.05, 0.1) is 32.5 Å². The molecule has 0 aliphatic carbocycles. The van der Waals surface area contributed by atoms with Gasteiger partial charge in [0.15, 0.2) is 23.0 Å². The lowest BCUT2D eigenvalue weighted by Crippen LogP contribution is -2.28. The van der Waals surface area contributed by atoms with Crippen LogP contribution in [0.2, 0.25) is 5.02 Å². The Bertz CT molecular complexity index is 913. The summed E-state index contributed by atoms with van der Waals surface area (Å²) in [5, 5.41) is 0.425. The minimum Gasteiger partial charge on any atom is -0.493 e. The topological polar surface area (TPSA) is 57.2 Å². The van der Waals surface area contributed by atoms with E-state index in [2.05, 4.69) is 0 Å². The molecule has 0 radical (unpaired) electrons. The minimum absolute atomic E-state index is 0.111. The van der Waals surface area contributed by atoms with Gasteiger partial charge in [0, 0.05) is 19.2 Å². The van der Waals surface area contributed by atoms with Crippen LogP contribution < -0.4 is 18.9 Å². The molecule has 0 unspecified atom stereocenters. The van der Waals surface area contributed by atoms with Crippen LogP contribution in [0.15, 0.2) is 36.4 Å². The molecule has 2 aromatic carbocycles. The average molecular weight is 448 g/mol. The van der Waals surface area contributed by atoms with Crippen molar-refractivity contribution in [1.82, 2.24) is 4.90 Å². The number of methoxy groups -OCH3 is 2. The number of hydrogen-bond acceptors (Lipinski definition) is 5. The number of carbonyl (C=O) groups is 1. The number of amides is 1. The number of hydrogen-bond donors (Lipinski definition) is 0. The zero-order valence-corrected chi connectivity index (χ0v) is 19.5. The maximum atomic E-state index is 12.8. The van der Waals surface area contributed by atoms with Crippen LogP contribution >= 0.6 is 11.6 Å². The molecular formula is C24H30ClNO5. The third-order valence-corrected chi connectivity index (χ3v) is 4.83. The molecule has 0 aliphatic heterocycles. The van der Waals surface area contributed by atoms with Crippen molar-refractivity contribution >= 4 is 23.6 Å². The quantitative estimate of drug-likeness (QED) is 0.442. The molecular weight excluding hydrogens is 418 g/mol. The van der Waals surface area contributed by atoms with E-state index in [1.807, 2.05) is 39.0 Å². The van der Waals surface area contributed by atoms with Gasteiger partial charge in [0.1, 0.15) is 0 Å². The van der Waals surface area contributed by atoms with E-state index in [0.717, 1.165) is 11.1 Å². The molecule has 0 bridgehead atoms. The van der Waals surface area contributed by atoms with E-state index in [4.69, 9.17) is 30.5 Å². The number of benzene rings is 2. The van der Waals surface area contributed by atoms with Crippen molar-refractivity contribution in [2.45, 2.75) is 27.3 Å². The molecule has 0 heterocycles. The lowest BCUT2D eigenvalue weighted by molar-refractivity contribution is -0.126. The second-order valence-electron chi connectivity index (χ2n) is 6.57. The van der Waals surface area contributed by atoms with Crippen LogP contribution in [0.5, 0.6) is 23.0 Å². The first-order valence-electron chi connectivity index (χ1n) is 10.2. The van der Waals surface area contributed by atoms with Gasteiger partial charge in [0.25, 0.3) is 0 Å². The van der Waals surface area contributed by atoms with Crippen LogP contribution in [0.4, 0.5) is 0 Å². The van der Waals surface area contributed by atoms with E-state index in [1.54, 1.807) is 30.2 Å². The maximum Gasteiger partial charge on any atom is 0.246 e. The Morgan fingerprint density at radius 3 is 2.29 bits per heavy atom. The van der Waals surface area contributed by atoms with E-state index in [9.17, 15) is 4.79 Å². The van der Waals surface area contributed by atoms with Crippen LogP contribution in [-0.2, 0) is 11.3 Å². The van der Waals surface area contributed by atoms with E-state index in [0.29, 0.717) is 54.3 Å². The molecule has 0 atom stereocenters. The molecule has 0 aromatic heterocycles. The summed E-state index contributed by atoms with van der Waals surface area (Å²) in [5.41, 5.74) is 1.71. The van der Waals surface area contributed by atoms with Crippen molar-refractivity contribution < 1.29 is 23.7 Å². The number of ether oxygens (including phenoxy) is 4. The van der Waals surface area contributed by atoms with Gasteiger partial charge < -0.3 is 23.8 Å². The SMILES string of the molecule is CCOc1ccc(CN(CC)C(=O)/C=C/c2cc(Cl)c(OC)c(OCC)c2)cc1OC. The standard InChI is InChI=1S/C24H30ClNO5/c1-6-26(16-18-9-11-20(30-7-2)21(15-18)28-4)23(27)12-10-17-13-19(25)24(29-5)22(14-17)31-8-3/h9-15H,6-8,16H2,1-5H3/b12-10+. The summed E-state index contributed by atoms with van der Waals surface area (Å²) < 4.78 is 21.8. The van der Waals surface area contributed by atoms with Crippen molar-refractivity contribution in [1.29, 1.82) is 0 Å². The van der Waals surface area contributed by atoms with Crippen molar-refractivity contribution in [3.05, 3.63) is 52.6 Å². The number of carbonyl (C=O) groups excluding carboxylic acids is 1. The van der Waals surface area contributed by atoms with Gasteiger partial charge >= 0.3 is 0 Å². The molecule has 0 saturated carbocycles. The van der Waals surface area contributed by atoms with Crippen LogP contribution in [0, 0.1) is 0 Å². The molecule has 0 saturated heterocycles. The Hall–Kier alpha value is -2.86. The number of halogens is 1. The highest BCUT2D eigenvalue weighted by atomic mass is 35.5. The Kier molecular flexibility index (Phi) is 9.53. The molecule has 0 N–H and O–H groups in total. The Labute approximate surface area is 189 Å². The first-order valence-corrected chi connectivity index (χ1v) is 10.6. The second-order valence-corrected chi connectivity index (χ2v) is 6.98. The molecule has 7 heteroatoms. The predicted octanol–water partition coefficient (Wildman–Crippen LogP) is 5.22. The number of likely N-dealkylation sites (N-methyl/N-ethyl adjacent to an activating group) is 1. The zero-order chi connectivity index (χ0) is 22.8.